The van der Waals surface area contributed by atoms with Gasteiger partial charge in [0.05, 0.1) is 27.1 Å². The van der Waals surface area contributed by atoms with Gasteiger partial charge >= 0.3 is 5.97 Å². The molecule has 1 aromatic heterocycles. The molecule has 0 bridgehead atoms. The summed E-state index contributed by atoms with van der Waals surface area (Å²) in [5.41, 5.74) is 3.13. The van der Waals surface area contributed by atoms with Gasteiger partial charge in [-0.2, -0.15) is 0 Å². The second kappa shape index (κ2) is 9.33. The van der Waals surface area contributed by atoms with Crippen molar-refractivity contribution in [3.8, 4) is 0 Å². The van der Waals surface area contributed by atoms with E-state index in [2.05, 4.69) is 10.3 Å². The Labute approximate surface area is 192 Å². The van der Waals surface area contributed by atoms with Gasteiger partial charge in [0.1, 0.15) is 0 Å². The Kier molecular flexibility index (Phi) is 6.34. The molecule has 6 nitrogen and oxygen atoms in total. The van der Waals surface area contributed by atoms with E-state index in [4.69, 9.17) is 0 Å². The zero-order chi connectivity index (χ0) is 22.7. The number of carboxylic acid groups (broad SMARTS) is 1. The standard InChI is InChI=1S/C24H18N2O4S2/c1-14-6-8-15(9-7-14)20(27)13-31-24-26-19-11-10-16(12-21(19)32-24)25-22(28)17-4-2-3-5-18(17)23(29)30/h2-12H,13H2,1H3,(H,25,28)(H,29,30). The first-order chi connectivity index (χ1) is 15.4. The number of thiazole rings is 1. The minimum Gasteiger partial charge on any atom is -0.478 e. The van der Waals surface area contributed by atoms with Crippen molar-refractivity contribution in [2.24, 2.45) is 0 Å². The van der Waals surface area contributed by atoms with Crippen molar-refractivity contribution in [2.45, 2.75) is 11.3 Å². The van der Waals surface area contributed by atoms with Crippen molar-refractivity contribution < 1.29 is 19.5 Å². The van der Waals surface area contributed by atoms with E-state index in [1.54, 1.807) is 30.3 Å². The Morgan fingerprint density at radius 2 is 1.72 bits per heavy atom. The summed E-state index contributed by atoms with van der Waals surface area (Å²) in [6, 6.07) is 18.9. The van der Waals surface area contributed by atoms with Crippen LogP contribution in [0.3, 0.4) is 0 Å². The molecule has 0 spiro atoms. The van der Waals surface area contributed by atoms with Gasteiger partial charge in [0.15, 0.2) is 10.1 Å². The third-order valence-electron chi connectivity index (χ3n) is 4.73. The lowest BCUT2D eigenvalue weighted by atomic mass is 10.1. The lowest BCUT2D eigenvalue weighted by Gasteiger charge is -2.07. The molecule has 1 heterocycles. The summed E-state index contributed by atoms with van der Waals surface area (Å²) >= 11 is 2.82. The van der Waals surface area contributed by atoms with E-state index in [1.165, 1.54) is 35.2 Å². The van der Waals surface area contributed by atoms with Gasteiger partial charge in [-0.25, -0.2) is 9.78 Å². The van der Waals surface area contributed by atoms with Gasteiger partial charge in [-0.05, 0) is 37.3 Å². The molecule has 0 aliphatic carbocycles. The van der Waals surface area contributed by atoms with Gasteiger partial charge in [0, 0.05) is 11.3 Å². The monoisotopic (exact) mass is 462 g/mol. The molecule has 0 fully saturated rings. The maximum atomic E-state index is 12.6. The van der Waals surface area contributed by atoms with Crippen LogP contribution in [0.1, 0.15) is 36.6 Å². The molecule has 8 heteroatoms. The Balaban J connectivity index is 1.46. The van der Waals surface area contributed by atoms with Crippen LogP contribution in [0.2, 0.25) is 0 Å². The molecule has 0 unspecified atom stereocenters. The molecule has 160 valence electrons. The summed E-state index contributed by atoms with van der Waals surface area (Å²) in [7, 11) is 0. The number of hydrogen-bond donors (Lipinski definition) is 2. The number of carbonyl (C=O) groups excluding carboxylic acids is 2. The number of fused-ring (bicyclic) bond motifs is 1. The third-order valence-corrected chi connectivity index (χ3v) is 6.89. The Morgan fingerprint density at radius 1 is 1.00 bits per heavy atom. The van der Waals surface area contributed by atoms with Crippen LogP contribution < -0.4 is 5.32 Å². The number of thioether (sulfide) groups is 1. The lowest BCUT2D eigenvalue weighted by Crippen LogP contribution is -2.16. The first-order valence-corrected chi connectivity index (χ1v) is 11.5. The minimum absolute atomic E-state index is 0.0410. The van der Waals surface area contributed by atoms with Crippen molar-refractivity contribution in [3.05, 3.63) is 89.0 Å². The molecule has 32 heavy (non-hydrogen) atoms. The van der Waals surface area contributed by atoms with Crippen molar-refractivity contribution in [2.75, 3.05) is 11.1 Å². The normalized spacial score (nSPS) is 10.8. The predicted molar refractivity (Wildman–Crippen MR) is 127 cm³/mol. The minimum atomic E-state index is -1.16. The fourth-order valence-corrected chi connectivity index (χ4v) is 5.06. The number of nitrogens with zero attached hydrogens (tertiary/aromatic N) is 1. The van der Waals surface area contributed by atoms with E-state index in [-0.39, 0.29) is 16.9 Å². The predicted octanol–water partition coefficient (Wildman–Crippen LogP) is 5.53. The van der Waals surface area contributed by atoms with E-state index < -0.39 is 11.9 Å². The molecule has 0 atom stereocenters. The Bertz CT molecular complexity index is 1330. The average Bonchev–Trinajstić information content (AvgIpc) is 3.20. The topological polar surface area (TPSA) is 96.4 Å². The third kappa shape index (κ3) is 4.87. The van der Waals surface area contributed by atoms with E-state index in [0.717, 1.165) is 20.1 Å². The van der Waals surface area contributed by atoms with Crippen molar-refractivity contribution in [3.63, 3.8) is 0 Å². The maximum absolute atomic E-state index is 12.6. The van der Waals surface area contributed by atoms with Gasteiger partial charge in [0.25, 0.3) is 5.91 Å². The quantitative estimate of drug-likeness (QED) is 0.277. The lowest BCUT2D eigenvalue weighted by molar-refractivity contribution is 0.0692. The molecular weight excluding hydrogens is 444 g/mol. The Morgan fingerprint density at radius 3 is 2.44 bits per heavy atom. The maximum Gasteiger partial charge on any atom is 0.336 e. The molecule has 3 aromatic carbocycles. The Hall–Kier alpha value is -3.49. The summed E-state index contributed by atoms with van der Waals surface area (Å²) in [6.07, 6.45) is 0. The molecule has 0 aliphatic heterocycles. The van der Waals surface area contributed by atoms with Crippen LogP contribution in [0, 0.1) is 6.92 Å². The highest BCUT2D eigenvalue weighted by Gasteiger charge is 2.16. The van der Waals surface area contributed by atoms with E-state index >= 15 is 0 Å². The van der Waals surface area contributed by atoms with Crippen molar-refractivity contribution >= 4 is 56.7 Å². The molecular formula is C24H18N2O4S2. The van der Waals surface area contributed by atoms with E-state index in [9.17, 15) is 19.5 Å². The molecule has 2 N–H and O–H groups in total. The number of benzene rings is 3. The summed E-state index contributed by atoms with van der Waals surface area (Å²) in [6.45, 7) is 1.98. The summed E-state index contributed by atoms with van der Waals surface area (Å²) in [4.78, 5) is 40.9. The van der Waals surface area contributed by atoms with Gasteiger partial charge in [-0.3, -0.25) is 9.59 Å². The highest BCUT2D eigenvalue weighted by Crippen LogP contribution is 2.32. The van der Waals surface area contributed by atoms with E-state index in [0.29, 0.717) is 17.0 Å². The number of carbonyl (C=O) groups is 3. The number of rotatable bonds is 7. The number of nitrogens with one attached hydrogen (secondary N) is 1. The second-order valence-corrected chi connectivity index (χ2v) is 9.30. The fourth-order valence-electron chi connectivity index (χ4n) is 3.06. The number of carboxylic acids is 1. The largest absolute Gasteiger partial charge is 0.478 e. The summed E-state index contributed by atoms with van der Waals surface area (Å²) < 4.78 is 1.62. The van der Waals surface area contributed by atoms with Crippen LogP contribution in [0.25, 0.3) is 10.2 Å². The fraction of sp³-hybridized carbons (Fsp3) is 0.0833. The highest BCUT2D eigenvalue weighted by atomic mass is 32.2. The smallest absolute Gasteiger partial charge is 0.336 e. The second-order valence-electron chi connectivity index (χ2n) is 7.05. The first-order valence-electron chi connectivity index (χ1n) is 9.67. The molecule has 4 aromatic rings. The zero-order valence-electron chi connectivity index (χ0n) is 17.0. The number of Topliss-reactive ketones (excluding diaryl/α,β-unsaturated/α-hetero) is 1. The van der Waals surface area contributed by atoms with Crippen LogP contribution in [0.15, 0.2) is 71.1 Å². The van der Waals surface area contributed by atoms with Gasteiger partial charge in [-0.1, -0.05) is 53.7 Å². The van der Waals surface area contributed by atoms with Gasteiger partial charge in [-0.15, -0.1) is 11.3 Å². The molecule has 1 amide bonds. The number of aromatic nitrogens is 1. The average molecular weight is 463 g/mol. The molecule has 0 saturated carbocycles. The molecule has 4 rings (SSSR count). The van der Waals surface area contributed by atoms with Crippen LogP contribution in [0.4, 0.5) is 5.69 Å². The van der Waals surface area contributed by atoms with Crippen molar-refractivity contribution in [1.82, 2.24) is 4.98 Å². The van der Waals surface area contributed by atoms with Gasteiger partial charge in [0.2, 0.25) is 0 Å². The van der Waals surface area contributed by atoms with Crippen LogP contribution >= 0.6 is 23.1 Å². The number of anilines is 1. The van der Waals surface area contributed by atoms with Crippen LogP contribution in [-0.2, 0) is 0 Å². The number of ketones is 1. The molecule has 0 saturated heterocycles. The van der Waals surface area contributed by atoms with Crippen molar-refractivity contribution in [1.29, 1.82) is 0 Å². The highest BCUT2D eigenvalue weighted by molar-refractivity contribution is 8.01. The first kappa shape index (κ1) is 21.7. The summed E-state index contributed by atoms with van der Waals surface area (Å²) in [5.74, 6) is -1.32. The number of aryl methyl sites for hydroxylation is 1. The number of aromatic carboxylic acids is 1. The SMILES string of the molecule is Cc1ccc(C(=O)CSc2nc3ccc(NC(=O)c4ccccc4C(=O)O)cc3s2)cc1. The van der Waals surface area contributed by atoms with E-state index in [1.807, 2.05) is 31.2 Å². The number of amides is 1. The van der Waals surface area contributed by atoms with Crippen LogP contribution in [0.5, 0.6) is 0 Å². The molecule has 0 aliphatic rings. The zero-order valence-corrected chi connectivity index (χ0v) is 18.6. The summed E-state index contributed by atoms with van der Waals surface area (Å²) in [5, 5.41) is 12.0. The van der Waals surface area contributed by atoms with Crippen LogP contribution in [-0.4, -0.2) is 33.5 Å². The number of hydrogen-bond acceptors (Lipinski definition) is 6. The van der Waals surface area contributed by atoms with Gasteiger partial charge < -0.3 is 10.4 Å². The molecule has 0 radical (unpaired) electrons.